The Balaban J connectivity index is 2.04. The Morgan fingerprint density at radius 2 is 2.47 bits per heavy atom. The van der Waals surface area contributed by atoms with E-state index in [9.17, 15) is 9.90 Å². The van der Waals surface area contributed by atoms with Crippen LogP contribution in [0.15, 0.2) is 9.95 Å². The predicted molar refractivity (Wildman–Crippen MR) is 56.9 cm³/mol. The van der Waals surface area contributed by atoms with Crippen LogP contribution in [0.25, 0.3) is 0 Å². The second kappa shape index (κ2) is 4.38. The number of aromatic nitrogens is 3. The van der Waals surface area contributed by atoms with Crippen LogP contribution >= 0.6 is 11.8 Å². The molecule has 1 heterocycles. The van der Waals surface area contributed by atoms with E-state index in [1.165, 1.54) is 11.8 Å². The molecule has 1 aliphatic carbocycles. The van der Waals surface area contributed by atoms with Crippen LogP contribution in [0.3, 0.4) is 0 Å². The number of aliphatic hydroxyl groups is 1. The van der Waals surface area contributed by atoms with E-state index in [0.29, 0.717) is 17.0 Å². The van der Waals surface area contributed by atoms with Gasteiger partial charge in [0.15, 0.2) is 5.16 Å². The molecule has 0 amide bonds. The first-order chi connectivity index (χ1) is 7.22. The number of aliphatic hydroxyl groups excluding tert-OH is 1. The summed E-state index contributed by atoms with van der Waals surface area (Å²) < 4.78 is 1.66. The van der Waals surface area contributed by atoms with Crippen molar-refractivity contribution in [2.24, 2.45) is 5.73 Å². The number of hydrogen-bond acceptors (Lipinski definition) is 5. The van der Waals surface area contributed by atoms with Gasteiger partial charge in [0.05, 0.1) is 6.10 Å². The van der Waals surface area contributed by atoms with Crippen molar-refractivity contribution in [2.75, 3.05) is 12.3 Å². The summed E-state index contributed by atoms with van der Waals surface area (Å²) in [5.74, 6) is 0.466. The monoisotopic (exact) mass is 230 g/mol. The largest absolute Gasteiger partial charge is 0.391 e. The van der Waals surface area contributed by atoms with Crippen LogP contribution in [0.1, 0.15) is 18.9 Å². The molecule has 1 aliphatic rings. The Bertz CT molecular complexity index is 384. The van der Waals surface area contributed by atoms with Gasteiger partial charge in [-0.25, -0.2) is 9.89 Å². The molecule has 2 rings (SSSR count). The van der Waals surface area contributed by atoms with Crippen LogP contribution in [-0.2, 0) is 0 Å². The highest BCUT2D eigenvalue weighted by atomic mass is 32.2. The van der Waals surface area contributed by atoms with Gasteiger partial charge in [0, 0.05) is 18.3 Å². The zero-order chi connectivity index (χ0) is 10.8. The molecule has 1 atom stereocenters. The first kappa shape index (κ1) is 10.7. The Morgan fingerprint density at radius 1 is 1.73 bits per heavy atom. The molecule has 0 aromatic carbocycles. The van der Waals surface area contributed by atoms with Gasteiger partial charge < -0.3 is 10.8 Å². The number of nitrogens with one attached hydrogen (secondary N) is 1. The summed E-state index contributed by atoms with van der Waals surface area (Å²) in [6, 6.07) is 0.300. The van der Waals surface area contributed by atoms with Gasteiger partial charge in [0.25, 0.3) is 0 Å². The van der Waals surface area contributed by atoms with Crippen LogP contribution in [0, 0.1) is 0 Å². The van der Waals surface area contributed by atoms with Crippen LogP contribution in [0.4, 0.5) is 0 Å². The van der Waals surface area contributed by atoms with Gasteiger partial charge in [0.1, 0.15) is 0 Å². The summed E-state index contributed by atoms with van der Waals surface area (Å²) in [6.45, 7) is 0.227. The quantitative estimate of drug-likeness (QED) is 0.582. The summed E-state index contributed by atoms with van der Waals surface area (Å²) >= 11 is 1.36. The Labute approximate surface area is 90.9 Å². The first-order valence-electron chi connectivity index (χ1n) is 4.90. The van der Waals surface area contributed by atoms with Crippen molar-refractivity contribution in [1.82, 2.24) is 14.8 Å². The van der Waals surface area contributed by atoms with E-state index in [0.717, 1.165) is 12.8 Å². The maximum absolute atomic E-state index is 11.4. The molecule has 1 unspecified atom stereocenters. The number of thioether (sulfide) groups is 1. The summed E-state index contributed by atoms with van der Waals surface area (Å²) in [4.78, 5) is 11.4. The fraction of sp³-hybridized carbons (Fsp3) is 0.750. The highest BCUT2D eigenvalue weighted by Gasteiger charge is 2.28. The standard InChI is InChI=1S/C8H14N4O2S/c9-3-6(13)4-15-8-11-10-7(14)12(8)5-1-2-5/h5-6,13H,1-4,9H2,(H,10,14). The summed E-state index contributed by atoms with van der Waals surface area (Å²) in [6.07, 6.45) is 1.52. The van der Waals surface area contributed by atoms with Crippen molar-refractivity contribution in [2.45, 2.75) is 30.1 Å². The minimum Gasteiger partial charge on any atom is -0.391 e. The number of rotatable bonds is 5. The van der Waals surface area contributed by atoms with E-state index in [4.69, 9.17) is 5.73 Å². The van der Waals surface area contributed by atoms with Crippen LogP contribution < -0.4 is 11.4 Å². The Kier molecular flexibility index (Phi) is 3.13. The Morgan fingerprint density at radius 3 is 3.07 bits per heavy atom. The summed E-state index contributed by atoms with van der Waals surface area (Å²) in [5.41, 5.74) is 5.13. The molecule has 6 nitrogen and oxygen atoms in total. The fourth-order valence-electron chi connectivity index (χ4n) is 1.29. The van der Waals surface area contributed by atoms with Gasteiger partial charge in [-0.2, -0.15) is 0 Å². The third-order valence-corrected chi connectivity index (χ3v) is 3.36. The lowest BCUT2D eigenvalue weighted by molar-refractivity contribution is 0.208. The Hall–Kier alpha value is -0.790. The summed E-state index contributed by atoms with van der Waals surface area (Å²) in [5, 5.41) is 16.3. The van der Waals surface area contributed by atoms with E-state index in [2.05, 4.69) is 10.2 Å². The van der Waals surface area contributed by atoms with E-state index < -0.39 is 6.10 Å². The van der Waals surface area contributed by atoms with Crippen molar-refractivity contribution in [1.29, 1.82) is 0 Å². The molecule has 1 saturated carbocycles. The third kappa shape index (κ3) is 2.42. The maximum Gasteiger partial charge on any atom is 0.344 e. The molecule has 0 saturated heterocycles. The highest BCUT2D eigenvalue weighted by Crippen LogP contribution is 2.35. The van der Waals surface area contributed by atoms with Gasteiger partial charge in [-0.1, -0.05) is 11.8 Å². The molecule has 0 aliphatic heterocycles. The van der Waals surface area contributed by atoms with Gasteiger partial charge in [0.2, 0.25) is 0 Å². The van der Waals surface area contributed by atoms with E-state index in [-0.39, 0.29) is 12.2 Å². The highest BCUT2D eigenvalue weighted by molar-refractivity contribution is 7.99. The fourth-order valence-corrected chi connectivity index (χ4v) is 2.24. The molecule has 0 spiro atoms. The molecule has 1 fully saturated rings. The van der Waals surface area contributed by atoms with Crippen molar-refractivity contribution in [3.05, 3.63) is 10.5 Å². The minimum atomic E-state index is -0.547. The van der Waals surface area contributed by atoms with Crippen LogP contribution in [0.2, 0.25) is 0 Å². The normalized spacial score (nSPS) is 18.0. The van der Waals surface area contributed by atoms with Crippen molar-refractivity contribution in [3.8, 4) is 0 Å². The van der Waals surface area contributed by atoms with E-state index >= 15 is 0 Å². The summed E-state index contributed by atoms with van der Waals surface area (Å²) in [7, 11) is 0. The lowest BCUT2D eigenvalue weighted by Gasteiger charge is -2.06. The number of nitrogens with two attached hydrogens (primary N) is 1. The van der Waals surface area contributed by atoms with E-state index in [1.54, 1.807) is 4.57 Å². The topological polar surface area (TPSA) is 96.9 Å². The smallest absolute Gasteiger partial charge is 0.344 e. The third-order valence-electron chi connectivity index (χ3n) is 2.26. The molecule has 1 aromatic heterocycles. The lowest BCUT2D eigenvalue weighted by atomic mass is 10.4. The van der Waals surface area contributed by atoms with Crippen LogP contribution in [0.5, 0.6) is 0 Å². The molecular weight excluding hydrogens is 216 g/mol. The van der Waals surface area contributed by atoms with Gasteiger partial charge in [-0.05, 0) is 12.8 Å². The second-order valence-corrected chi connectivity index (χ2v) is 4.60. The van der Waals surface area contributed by atoms with Crippen molar-refractivity contribution < 1.29 is 5.11 Å². The molecule has 7 heteroatoms. The van der Waals surface area contributed by atoms with Crippen molar-refractivity contribution >= 4 is 11.8 Å². The SMILES string of the molecule is NCC(O)CSc1n[nH]c(=O)n1C1CC1. The average molecular weight is 230 g/mol. The van der Waals surface area contributed by atoms with Crippen LogP contribution in [-0.4, -0.2) is 38.3 Å². The zero-order valence-electron chi connectivity index (χ0n) is 8.22. The first-order valence-corrected chi connectivity index (χ1v) is 5.88. The molecular formula is C8H14N4O2S. The molecule has 15 heavy (non-hydrogen) atoms. The number of hydrogen-bond donors (Lipinski definition) is 3. The van der Waals surface area contributed by atoms with Gasteiger partial charge >= 0.3 is 5.69 Å². The maximum atomic E-state index is 11.4. The average Bonchev–Trinajstić information content (AvgIpc) is 3.00. The number of H-pyrrole nitrogens is 1. The second-order valence-electron chi connectivity index (χ2n) is 3.61. The molecule has 0 bridgehead atoms. The molecule has 0 radical (unpaired) electrons. The predicted octanol–water partition coefficient (Wildman–Crippen LogP) is -0.682. The van der Waals surface area contributed by atoms with Crippen molar-refractivity contribution in [3.63, 3.8) is 0 Å². The molecule has 4 N–H and O–H groups in total. The van der Waals surface area contributed by atoms with Gasteiger partial charge in [-0.15, -0.1) is 5.10 Å². The minimum absolute atomic E-state index is 0.165. The molecule has 1 aromatic rings. The molecule has 84 valence electrons. The van der Waals surface area contributed by atoms with E-state index in [1.807, 2.05) is 0 Å². The lowest BCUT2D eigenvalue weighted by Crippen LogP contribution is -2.22. The number of aromatic amines is 1. The zero-order valence-corrected chi connectivity index (χ0v) is 9.04. The number of nitrogens with zero attached hydrogens (tertiary/aromatic N) is 2. The van der Waals surface area contributed by atoms with Gasteiger partial charge in [-0.3, -0.25) is 4.57 Å².